The quantitative estimate of drug-likeness (QED) is 0.315. The Morgan fingerprint density at radius 3 is 2.94 bits per heavy atom. The van der Waals surface area contributed by atoms with Crippen molar-refractivity contribution in [2.45, 2.75) is 18.6 Å². The lowest BCUT2D eigenvalue weighted by Gasteiger charge is -2.09. The number of oxazole rings is 1. The van der Waals surface area contributed by atoms with E-state index >= 15 is 0 Å². The topological polar surface area (TPSA) is 107 Å². The van der Waals surface area contributed by atoms with E-state index in [1.54, 1.807) is 41.7 Å². The second kappa shape index (κ2) is 7.97. The molecule has 5 rings (SSSR count). The molecule has 0 saturated carbocycles. The van der Waals surface area contributed by atoms with Crippen molar-refractivity contribution in [3.63, 3.8) is 0 Å². The van der Waals surface area contributed by atoms with Gasteiger partial charge >= 0.3 is 0 Å². The molecule has 0 aliphatic carbocycles. The molecule has 0 aliphatic rings. The fourth-order valence-corrected chi connectivity index (χ4v) is 4.31. The van der Waals surface area contributed by atoms with Crippen LogP contribution in [0.5, 0.6) is 0 Å². The van der Waals surface area contributed by atoms with E-state index in [9.17, 15) is 9.59 Å². The van der Waals surface area contributed by atoms with Gasteiger partial charge in [0.2, 0.25) is 11.7 Å². The molecule has 10 heteroatoms. The molecular formula is C22H18N6O3S. The van der Waals surface area contributed by atoms with Crippen molar-refractivity contribution in [2.24, 2.45) is 0 Å². The largest absolute Gasteiger partial charge is 0.441 e. The van der Waals surface area contributed by atoms with E-state index in [2.05, 4.69) is 27.1 Å². The van der Waals surface area contributed by atoms with E-state index in [0.29, 0.717) is 51.1 Å². The summed E-state index contributed by atoms with van der Waals surface area (Å²) in [4.78, 5) is 29.7. The number of thioether (sulfide) groups is 1. The summed E-state index contributed by atoms with van der Waals surface area (Å²) in [5.41, 5.74) is 2.51. The van der Waals surface area contributed by atoms with Gasteiger partial charge in [-0.05, 0) is 30.3 Å². The number of anilines is 1. The number of para-hydroxylation sites is 1. The van der Waals surface area contributed by atoms with Gasteiger partial charge in [-0.3, -0.25) is 18.6 Å². The van der Waals surface area contributed by atoms with Crippen LogP contribution in [0, 0.1) is 6.92 Å². The summed E-state index contributed by atoms with van der Waals surface area (Å²) < 4.78 is 8.77. The number of hydrogen-bond donors (Lipinski definition) is 1. The van der Waals surface area contributed by atoms with Crippen molar-refractivity contribution in [1.29, 1.82) is 0 Å². The smallest absolute Gasteiger partial charge is 0.263 e. The van der Waals surface area contributed by atoms with Crippen LogP contribution in [0.15, 0.2) is 69.5 Å². The molecule has 3 heterocycles. The van der Waals surface area contributed by atoms with Crippen molar-refractivity contribution < 1.29 is 9.21 Å². The van der Waals surface area contributed by atoms with E-state index in [1.807, 2.05) is 18.2 Å². The van der Waals surface area contributed by atoms with Crippen LogP contribution in [-0.4, -0.2) is 35.8 Å². The number of benzene rings is 2. The highest BCUT2D eigenvalue weighted by Crippen LogP contribution is 2.23. The normalized spacial score (nSPS) is 11.4. The predicted molar refractivity (Wildman–Crippen MR) is 123 cm³/mol. The lowest BCUT2D eigenvalue weighted by molar-refractivity contribution is -0.113. The monoisotopic (exact) mass is 446 g/mol. The van der Waals surface area contributed by atoms with E-state index in [0.717, 1.165) is 0 Å². The minimum Gasteiger partial charge on any atom is -0.441 e. The van der Waals surface area contributed by atoms with Crippen LogP contribution in [0.3, 0.4) is 0 Å². The molecule has 3 aromatic heterocycles. The van der Waals surface area contributed by atoms with Gasteiger partial charge in [-0.25, -0.2) is 4.98 Å². The van der Waals surface area contributed by atoms with Crippen molar-refractivity contribution in [3.8, 4) is 0 Å². The van der Waals surface area contributed by atoms with E-state index < -0.39 is 0 Å². The first-order valence-corrected chi connectivity index (χ1v) is 10.8. The fourth-order valence-electron chi connectivity index (χ4n) is 3.57. The molecule has 1 amide bonds. The highest BCUT2D eigenvalue weighted by atomic mass is 32.2. The van der Waals surface area contributed by atoms with Crippen LogP contribution in [-0.2, 0) is 11.3 Å². The molecule has 0 fully saturated rings. The third kappa shape index (κ3) is 3.44. The number of fused-ring (bicyclic) bond motifs is 4. The van der Waals surface area contributed by atoms with Gasteiger partial charge in [0.25, 0.3) is 5.56 Å². The number of carbonyl (C=O) groups excluding carboxylic acids is 1. The first-order valence-electron chi connectivity index (χ1n) is 9.82. The summed E-state index contributed by atoms with van der Waals surface area (Å²) in [5, 5.41) is 12.4. The predicted octanol–water partition coefficient (Wildman–Crippen LogP) is 3.41. The first-order chi connectivity index (χ1) is 15.5. The van der Waals surface area contributed by atoms with Gasteiger partial charge in [0, 0.05) is 19.2 Å². The Labute approximate surface area is 185 Å². The average molecular weight is 446 g/mol. The van der Waals surface area contributed by atoms with Crippen molar-refractivity contribution in [3.05, 3.63) is 71.4 Å². The minimum absolute atomic E-state index is 0.117. The summed E-state index contributed by atoms with van der Waals surface area (Å²) in [6, 6.07) is 12.6. The second-order valence-corrected chi connectivity index (χ2v) is 8.03. The third-order valence-electron chi connectivity index (χ3n) is 4.90. The first kappa shape index (κ1) is 20.0. The number of nitrogens with one attached hydrogen (secondary N) is 1. The van der Waals surface area contributed by atoms with Gasteiger partial charge in [-0.2, -0.15) is 0 Å². The third-order valence-corrected chi connectivity index (χ3v) is 5.83. The molecule has 0 saturated heterocycles. The van der Waals surface area contributed by atoms with Crippen LogP contribution in [0.1, 0.15) is 5.89 Å². The number of hydrogen-bond acceptors (Lipinski definition) is 7. The Hall–Kier alpha value is -3.92. The minimum atomic E-state index is -0.199. The van der Waals surface area contributed by atoms with Crippen molar-refractivity contribution in [1.82, 2.24) is 24.1 Å². The summed E-state index contributed by atoms with van der Waals surface area (Å²) >= 11 is 1.24. The molecule has 0 unspecified atom stereocenters. The molecule has 32 heavy (non-hydrogen) atoms. The average Bonchev–Trinajstić information content (AvgIpc) is 3.37. The molecule has 0 aliphatic heterocycles. The highest BCUT2D eigenvalue weighted by molar-refractivity contribution is 7.99. The number of carbonyl (C=O) groups is 1. The Balaban J connectivity index is 1.43. The molecule has 9 nitrogen and oxygen atoms in total. The number of aryl methyl sites for hydroxylation is 1. The maximum atomic E-state index is 12.9. The zero-order valence-corrected chi connectivity index (χ0v) is 17.9. The van der Waals surface area contributed by atoms with E-state index in [-0.39, 0.29) is 17.2 Å². The Kier molecular flexibility index (Phi) is 4.98. The standard InChI is InChI=1S/C22H18N6O3S/c1-3-10-27-20(30)15-6-4-5-7-17(15)28-21(27)25-26-22(28)32-12-19(29)24-14-8-9-18-16(11-14)23-13(2)31-18/h3-9,11H,1,10,12H2,2H3,(H,24,29). The summed E-state index contributed by atoms with van der Waals surface area (Å²) in [7, 11) is 0. The van der Waals surface area contributed by atoms with Gasteiger partial charge in [0.15, 0.2) is 16.6 Å². The lowest BCUT2D eigenvalue weighted by atomic mass is 10.2. The van der Waals surface area contributed by atoms with Crippen LogP contribution >= 0.6 is 11.8 Å². The Morgan fingerprint density at radius 2 is 2.09 bits per heavy atom. The summed E-state index contributed by atoms with van der Waals surface area (Å²) in [6.07, 6.45) is 1.64. The van der Waals surface area contributed by atoms with Crippen LogP contribution in [0.25, 0.3) is 27.8 Å². The SMILES string of the molecule is C=CCn1c(=O)c2ccccc2n2c(SCC(=O)Nc3ccc4oc(C)nc4c3)nnc12. The van der Waals surface area contributed by atoms with Crippen LogP contribution in [0.2, 0.25) is 0 Å². The van der Waals surface area contributed by atoms with E-state index in [4.69, 9.17) is 4.42 Å². The molecule has 0 spiro atoms. The van der Waals surface area contributed by atoms with Gasteiger partial charge in [0.1, 0.15) is 5.52 Å². The van der Waals surface area contributed by atoms with Crippen LogP contribution < -0.4 is 10.9 Å². The molecule has 2 aromatic carbocycles. The fraction of sp³-hybridized carbons (Fsp3) is 0.136. The van der Waals surface area contributed by atoms with Crippen LogP contribution in [0.4, 0.5) is 5.69 Å². The Morgan fingerprint density at radius 1 is 1.25 bits per heavy atom. The molecule has 160 valence electrons. The second-order valence-electron chi connectivity index (χ2n) is 7.09. The molecule has 5 aromatic rings. The summed E-state index contributed by atoms with van der Waals surface area (Å²) in [5.74, 6) is 0.893. The number of rotatable bonds is 6. The number of nitrogens with zero attached hydrogens (tertiary/aromatic N) is 5. The maximum Gasteiger partial charge on any atom is 0.263 e. The Bertz CT molecular complexity index is 1570. The van der Waals surface area contributed by atoms with Crippen molar-refractivity contribution >= 4 is 51.1 Å². The summed E-state index contributed by atoms with van der Waals surface area (Å²) in [6.45, 7) is 5.80. The zero-order valence-electron chi connectivity index (χ0n) is 17.1. The molecule has 0 bridgehead atoms. The van der Waals surface area contributed by atoms with Gasteiger partial charge in [0.05, 0.1) is 16.7 Å². The molecule has 1 N–H and O–H groups in total. The number of aromatic nitrogens is 5. The number of allylic oxidation sites excluding steroid dienone is 1. The van der Waals surface area contributed by atoms with Gasteiger partial charge in [-0.15, -0.1) is 16.8 Å². The van der Waals surface area contributed by atoms with Crippen molar-refractivity contribution in [2.75, 3.05) is 11.1 Å². The molecule has 0 radical (unpaired) electrons. The van der Waals surface area contributed by atoms with E-state index in [1.165, 1.54) is 16.3 Å². The maximum absolute atomic E-state index is 12.9. The highest BCUT2D eigenvalue weighted by Gasteiger charge is 2.17. The lowest BCUT2D eigenvalue weighted by Crippen LogP contribution is -2.22. The number of amides is 1. The molecule has 0 atom stereocenters. The van der Waals surface area contributed by atoms with Gasteiger partial charge in [-0.1, -0.05) is 30.0 Å². The van der Waals surface area contributed by atoms with Gasteiger partial charge < -0.3 is 9.73 Å². The zero-order chi connectivity index (χ0) is 22.2. The molecular weight excluding hydrogens is 428 g/mol.